The van der Waals surface area contributed by atoms with Crippen LogP contribution in [0.25, 0.3) is 0 Å². The van der Waals surface area contributed by atoms with Crippen LogP contribution in [0.3, 0.4) is 0 Å². The van der Waals surface area contributed by atoms with Gasteiger partial charge in [0, 0.05) is 0 Å². The highest BCUT2D eigenvalue weighted by atomic mass is 32.2. The van der Waals surface area contributed by atoms with Crippen molar-refractivity contribution >= 4 is 22.9 Å². The molecule has 4 heteroatoms. The van der Waals surface area contributed by atoms with Gasteiger partial charge in [-0.25, -0.2) is 0 Å². The van der Waals surface area contributed by atoms with Crippen molar-refractivity contribution in [2.75, 3.05) is 0 Å². The first-order chi connectivity index (χ1) is 5.94. The van der Waals surface area contributed by atoms with Crippen molar-refractivity contribution in [1.82, 2.24) is 5.32 Å². The van der Waals surface area contributed by atoms with Crippen LogP contribution in [-0.4, -0.2) is 11.1 Å². The first kappa shape index (κ1) is 10.3. The summed E-state index contributed by atoms with van der Waals surface area (Å²) < 4.78 is 0. The van der Waals surface area contributed by atoms with E-state index in [2.05, 4.69) is 12.2 Å². The average Bonchev–Trinajstić information content (AvgIpc) is 2.30. The third-order valence-corrected chi connectivity index (χ3v) is 2.89. The third-order valence-electron chi connectivity index (χ3n) is 2.08. The highest BCUT2D eigenvalue weighted by Crippen LogP contribution is 2.30. The van der Waals surface area contributed by atoms with Crippen LogP contribution in [0.2, 0.25) is 0 Å². The van der Waals surface area contributed by atoms with Gasteiger partial charge in [-0.05, 0) is 23.6 Å². The summed E-state index contributed by atoms with van der Waals surface area (Å²) in [5, 5.41) is 1.96. The fourth-order valence-electron chi connectivity index (χ4n) is 0.878. The van der Waals surface area contributed by atoms with Gasteiger partial charge < -0.3 is 0 Å². The zero-order valence-corrected chi connectivity index (χ0v) is 8.83. The van der Waals surface area contributed by atoms with Gasteiger partial charge in [0.15, 0.2) is 0 Å². The van der Waals surface area contributed by atoms with Crippen LogP contribution in [0.1, 0.15) is 27.2 Å². The molecule has 0 saturated carbocycles. The van der Waals surface area contributed by atoms with E-state index in [1.807, 2.05) is 19.9 Å². The molecule has 0 aromatic rings. The molecule has 0 spiro atoms. The smallest absolute Gasteiger partial charge is 0.282 e. The second kappa shape index (κ2) is 3.54. The van der Waals surface area contributed by atoms with Crippen molar-refractivity contribution in [3.8, 4) is 0 Å². The van der Waals surface area contributed by atoms with Gasteiger partial charge in [0.1, 0.15) is 0 Å². The van der Waals surface area contributed by atoms with Crippen molar-refractivity contribution in [2.24, 2.45) is 5.41 Å². The molecule has 0 aromatic carbocycles. The Hall–Kier alpha value is -0.770. The third kappa shape index (κ3) is 2.59. The molecule has 1 fully saturated rings. The molecule has 1 saturated heterocycles. The van der Waals surface area contributed by atoms with Gasteiger partial charge in [-0.15, -0.1) is 0 Å². The Bertz CT molecular complexity index is 281. The minimum absolute atomic E-state index is 0.0235. The van der Waals surface area contributed by atoms with E-state index in [0.29, 0.717) is 4.91 Å². The summed E-state index contributed by atoms with van der Waals surface area (Å²) in [6.45, 7) is 6.13. The Morgan fingerprint density at radius 3 is 2.46 bits per heavy atom. The van der Waals surface area contributed by atoms with E-state index in [9.17, 15) is 9.59 Å². The van der Waals surface area contributed by atoms with Crippen LogP contribution in [0.15, 0.2) is 11.0 Å². The van der Waals surface area contributed by atoms with Crippen molar-refractivity contribution in [1.29, 1.82) is 0 Å². The quantitative estimate of drug-likeness (QED) is 0.694. The summed E-state index contributed by atoms with van der Waals surface area (Å²) >= 11 is 0.977. The summed E-state index contributed by atoms with van der Waals surface area (Å²) in [7, 11) is 0. The Kier molecular flexibility index (Phi) is 2.81. The second-order valence-corrected chi connectivity index (χ2v) is 4.71. The van der Waals surface area contributed by atoms with Crippen LogP contribution < -0.4 is 5.32 Å². The summed E-state index contributed by atoms with van der Waals surface area (Å²) in [6, 6.07) is 0. The summed E-state index contributed by atoms with van der Waals surface area (Å²) in [4.78, 5) is 22.5. The van der Waals surface area contributed by atoms with Gasteiger partial charge in [-0.3, -0.25) is 14.9 Å². The summed E-state index contributed by atoms with van der Waals surface area (Å²) in [6.07, 6.45) is 2.80. The summed E-state index contributed by atoms with van der Waals surface area (Å²) in [5.74, 6) is -0.267. The monoisotopic (exact) mass is 199 g/mol. The van der Waals surface area contributed by atoms with Gasteiger partial charge in [0.2, 0.25) is 0 Å². The van der Waals surface area contributed by atoms with Gasteiger partial charge >= 0.3 is 0 Å². The second-order valence-electron chi connectivity index (χ2n) is 3.69. The van der Waals surface area contributed by atoms with Crippen LogP contribution in [0, 0.1) is 5.41 Å². The fourth-order valence-corrected chi connectivity index (χ4v) is 1.74. The normalized spacial score (nSPS) is 21.0. The highest BCUT2D eigenvalue weighted by molar-refractivity contribution is 8.18. The van der Waals surface area contributed by atoms with E-state index < -0.39 is 0 Å². The van der Waals surface area contributed by atoms with E-state index in [0.717, 1.165) is 18.2 Å². The number of nitrogens with one attached hydrogen (secondary N) is 1. The van der Waals surface area contributed by atoms with Crippen molar-refractivity contribution < 1.29 is 9.59 Å². The molecule has 1 heterocycles. The zero-order valence-electron chi connectivity index (χ0n) is 8.01. The number of rotatable bonds is 2. The first-order valence-corrected chi connectivity index (χ1v) is 5.02. The number of thioether (sulfide) groups is 1. The molecule has 1 aliphatic rings. The van der Waals surface area contributed by atoms with E-state index in [4.69, 9.17) is 0 Å². The predicted molar refractivity (Wildman–Crippen MR) is 53.3 cm³/mol. The number of amides is 2. The maximum Gasteiger partial charge on any atom is 0.290 e. The van der Waals surface area contributed by atoms with Crippen LogP contribution >= 0.6 is 11.8 Å². The van der Waals surface area contributed by atoms with Gasteiger partial charge in [-0.2, -0.15) is 0 Å². The van der Waals surface area contributed by atoms with Gasteiger partial charge in [-0.1, -0.05) is 26.8 Å². The average molecular weight is 199 g/mol. The zero-order chi connectivity index (χ0) is 10.1. The lowest BCUT2D eigenvalue weighted by molar-refractivity contribution is -0.115. The number of carbonyl (C=O) groups excluding carboxylic acids is 2. The minimum Gasteiger partial charge on any atom is -0.282 e. The first-order valence-electron chi connectivity index (χ1n) is 4.20. The molecule has 0 radical (unpaired) electrons. The van der Waals surface area contributed by atoms with E-state index in [1.165, 1.54) is 0 Å². The standard InChI is InChI=1S/C9H13NO2S/c1-4-9(2,3)5-6-7(11)10-8(12)13-6/h5H,4H2,1-3H3,(H,10,11,12)/b6-5+. The van der Waals surface area contributed by atoms with Crippen molar-refractivity contribution in [3.63, 3.8) is 0 Å². The molecule has 3 nitrogen and oxygen atoms in total. The van der Waals surface area contributed by atoms with Crippen LogP contribution in [0.4, 0.5) is 4.79 Å². The fraction of sp³-hybridized carbons (Fsp3) is 0.556. The molecule has 1 rings (SSSR count). The lowest BCUT2D eigenvalue weighted by Crippen LogP contribution is -2.18. The molecule has 13 heavy (non-hydrogen) atoms. The topological polar surface area (TPSA) is 46.2 Å². The molecule has 0 unspecified atom stereocenters. The van der Waals surface area contributed by atoms with Crippen LogP contribution in [-0.2, 0) is 4.79 Å². The minimum atomic E-state index is -0.275. The molecular formula is C9H13NO2S. The van der Waals surface area contributed by atoms with Crippen molar-refractivity contribution in [3.05, 3.63) is 11.0 Å². The maximum absolute atomic E-state index is 11.2. The number of allylic oxidation sites excluding steroid dienone is 1. The molecule has 72 valence electrons. The number of carbonyl (C=O) groups is 2. The SMILES string of the molecule is CCC(C)(C)/C=C1/SC(=O)NC1=O. The lowest BCUT2D eigenvalue weighted by atomic mass is 9.90. The van der Waals surface area contributed by atoms with Crippen LogP contribution in [0.5, 0.6) is 0 Å². The van der Waals surface area contributed by atoms with Gasteiger partial charge in [0.25, 0.3) is 11.1 Å². The maximum atomic E-state index is 11.2. The van der Waals surface area contributed by atoms with Gasteiger partial charge in [0.05, 0.1) is 4.91 Å². The Morgan fingerprint density at radius 2 is 2.08 bits per heavy atom. The largest absolute Gasteiger partial charge is 0.290 e. The molecule has 0 atom stereocenters. The number of hydrogen-bond acceptors (Lipinski definition) is 3. The van der Waals surface area contributed by atoms with E-state index in [1.54, 1.807) is 0 Å². The Morgan fingerprint density at radius 1 is 1.46 bits per heavy atom. The molecule has 2 amide bonds. The molecule has 1 N–H and O–H groups in total. The number of imide groups is 1. The highest BCUT2D eigenvalue weighted by Gasteiger charge is 2.27. The van der Waals surface area contributed by atoms with Crippen molar-refractivity contribution in [2.45, 2.75) is 27.2 Å². The predicted octanol–water partition coefficient (Wildman–Crippen LogP) is 2.29. The molecule has 0 aromatic heterocycles. The molecule has 0 bridgehead atoms. The lowest BCUT2D eigenvalue weighted by Gasteiger charge is -2.17. The van der Waals surface area contributed by atoms with E-state index >= 15 is 0 Å². The Balaban J connectivity index is 2.83. The molecule has 1 aliphatic heterocycles. The Labute approximate surface area is 82.0 Å². The summed E-state index contributed by atoms with van der Waals surface area (Å²) in [5.41, 5.74) is -0.0235. The number of hydrogen-bond donors (Lipinski definition) is 1. The molecule has 0 aliphatic carbocycles. The van der Waals surface area contributed by atoms with E-state index in [-0.39, 0.29) is 16.6 Å². The molecular weight excluding hydrogens is 186 g/mol.